The van der Waals surface area contributed by atoms with Gasteiger partial charge >= 0.3 is 0 Å². The fraction of sp³-hybridized carbons (Fsp3) is 1.00. The minimum absolute atomic E-state index is 0.720. The van der Waals surface area contributed by atoms with Crippen molar-refractivity contribution in [3.8, 4) is 0 Å². The molecule has 1 fully saturated rings. The molecule has 0 saturated carbocycles. The van der Waals surface area contributed by atoms with Crippen molar-refractivity contribution in [2.45, 2.75) is 32.2 Å². The molecule has 1 heterocycles. The van der Waals surface area contributed by atoms with Crippen molar-refractivity contribution in [1.82, 2.24) is 10.2 Å². The topological polar surface area (TPSA) is 33.7 Å². The molecule has 1 aliphatic heterocycles. The van der Waals surface area contributed by atoms with E-state index in [2.05, 4.69) is 17.1 Å². The molecule has 1 unspecified atom stereocenters. The molecule has 0 aliphatic carbocycles. The fourth-order valence-electron chi connectivity index (χ4n) is 2.32. The van der Waals surface area contributed by atoms with Crippen molar-refractivity contribution < 1.29 is 9.47 Å². The number of nitrogens with one attached hydrogen (secondary N) is 1. The maximum atomic E-state index is 5.61. The van der Waals surface area contributed by atoms with E-state index in [1.54, 1.807) is 7.11 Å². The molecule has 0 spiro atoms. The lowest BCUT2D eigenvalue weighted by Crippen LogP contribution is -2.39. The van der Waals surface area contributed by atoms with Crippen LogP contribution in [0.1, 0.15) is 26.2 Å². The summed E-state index contributed by atoms with van der Waals surface area (Å²) in [5, 5.41) is 3.44. The maximum absolute atomic E-state index is 5.61. The third-order valence-corrected chi connectivity index (χ3v) is 3.29. The van der Waals surface area contributed by atoms with Crippen molar-refractivity contribution >= 4 is 0 Å². The first-order valence-corrected chi connectivity index (χ1v) is 6.90. The standard InChI is InChI=1S/C13H28N2O2/c1-3-14-12-13-6-4-7-15(13)8-11-17-10-5-9-16-2/h13-14H,3-12H2,1-2H3. The van der Waals surface area contributed by atoms with E-state index >= 15 is 0 Å². The highest BCUT2D eigenvalue weighted by atomic mass is 16.5. The average Bonchev–Trinajstić information content (AvgIpc) is 2.78. The van der Waals surface area contributed by atoms with Crippen LogP contribution in [-0.4, -0.2) is 64.1 Å². The number of rotatable bonds is 10. The highest BCUT2D eigenvalue weighted by Crippen LogP contribution is 2.15. The third-order valence-electron chi connectivity index (χ3n) is 3.29. The van der Waals surface area contributed by atoms with Gasteiger partial charge in [-0.1, -0.05) is 6.92 Å². The van der Waals surface area contributed by atoms with Crippen LogP contribution >= 0.6 is 0 Å². The Kier molecular flexibility index (Phi) is 8.61. The van der Waals surface area contributed by atoms with Crippen molar-refractivity contribution in [3.05, 3.63) is 0 Å². The summed E-state index contributed by atoms with van der Waals surface area (Å²) in [5.74, 6) is 0. The van der Waals surface area contributed by atoms with E-state index in [0.29, 0.717) is 0 Å². The van der Waals surface area contributed by atoms with Gasteiger partial charge in [-0.25, -0.2) is 0 Å². The second-order valence-electron chi connectivity index (χ2n) is 4.60. The lowest BCUT2D eigenvalue weighted by Gasteiger charge is -2.24. The lowest BCUT2D eigenvalue weighted by atomic mass is 10.2. The fourth-order valence-corrected chi connectivity index (χ4v) is 2.32. The highest BCUT2D eigenvalue weighted by molar-refractivity contribution is 4.80. The summed E-state index contributed by atoms with van der Waals surface area (Å²) in [4.78, 5) is 2.55. The Bertz CT molecular complexity index is 179. The summed E-state index contributed by atoms with van der Waals surface area (Å²) >= 11 is 0. The van der Waals surface area contributed by atoms with Crippen LogP contribution in [0, 0.1) is 0 Å². The van der Waals surface area contributed by atoms with Gasteiger partial charge < -0.3 is 14.8 Å². The van der Waals surface area contributed by atoms with Crippen LogP contribution in [0.15, 0.2) is 0 Å². The molecule has 4 nitrogen and oxygen atoms in total. The van der Waals surface area contributed by atoms with Crippen LogP contribution in [0.4, 0.5) is 0 Å². The SMILES string of the molecule is CCNCC1CCCN1CCOCCCOC. The molecular formula is C13H28N2O2. The Hall–Kier alpha value is -0.160. The summed E-state index contributed by atoms with van der Waals surface area (Å²) in [7, 11) is 1.73. The summed E-state index contributed by atoms with van der Waals surface area (Å²) in [5.41, 5.74) is 0. The second kappa shape index (κ2) is 9.83. The van der Waals surface area contributed by atoms with Crippen LogP contribution in [-0.2, 0) is 9.47 Å². The number of hydrogen-bond donors (Lipinski definition) is 1. The molecule has 0 aromatic carbocycles. The van der Waals surface area contributed by atoms with Gasteiger partial charge in [0.1, 0.15) is 0 Å². The molecule has 102 valence electrons. The summed E-state index contributed by atoms with van der Waals surface area (Å²) in [6, 6.07) is 0.720. The molecule has 4 heteroatoms. The Balaban J connectivity index is 2.00. The molecule has 0 radical (unpaired) electrons. The third kappa shape index (κ3) is 6.36. The molecule has 0 bridgehead atoms. The van der Waals surface area contributed by atoms with Gasteiger partial charge in [-0.3, -0.25) is 4.90 Å². The number of likely N-dealkylation sites (N-methyl/N-ethyl adjacent to an activating group) is 1. The van der Waals surface area contributed by atoms with Gasteiger partial charge in [-0.2, -0.15) is 0 Å². The Morgan fingerprint density at radius 1 is 1.29 bits per heavy atom. The van der Waals surface area contributed by atoms with Crippen LogP contribution in [0.25, 0.3) is 0 Å². The molecule has 0 aromatic rings. The molecule has 1 N–H and O–H groups in total. The molecule has 1 aliphatic rings. The van der Waals surface area contributed by atoms with Crippen LogP contribution in [0.5, 0.6) is 0 Å². The minimum atomic E-state index is 0.720. The molecule has 17 heavy (non-hydrogen) atoms. The van der Waals surface area contributed by atoms with E-state index in [4.69, 9.17) is 9.47 Å². The zero-order valence-corrected chi connectivity index (χ0v) is 11.4. The van der Waals surface area contributed by atoms with Crippen molar-refractivity contribution in [2.75, 3.05) is 53.1 Å². The van der Waals surface area contributed by atoms with E-state index in [-0.39, 0.29) is 0 Å². The van der Waals surface area contributed by atoms with Crippen molar-refractivity contribution in [3.63, 3.8) is 0 Å². The monoisotopic (exact) mass is 244 g/mol. The molecule has 1 atom stereocenters. The number of ether oxygens (including phenoxy) is 2. The first-order chi connectivity index (χ1) is 8.38. The zero-order valence-electron chi connectivity index (χ0n) is 11.4. The first-order valence-electron chi connectivity index (χ1n) is 6.90. The Morgan fingerprint density at radius 2 is 2.18 bits per heavy atom. The molecule has 1 rings (SSSR count). The van der Waals surface area contributed by atoms with Crippen LogP contribution in [0.3, 0.4) is 0 Å². The number of methoxy groups -OCH3 is 1. The first kappa shape index (κ1) is 14.9. The number of hydrogen-bond acceptors (Lipinski definition) is 4. The van der Waals surface area contributed by atoms with Gasteiger partial charge in [0.2, 0.25) is 0 Å². The average molecular weight is 244 g/mol. The van der Waals surface area contributed by atoms with Gasteiger partial charge in [0.05, 0.1) is 6.61 Å². The smallest absolute Gasteiger partial charge is 0.0593 e. The summed E-state index contributed by atoms with van der Waals surface area (Å²) in [6.45, 7) is 9.13. The van der Waals surface area contributed by atoms with E-state index < -0.39 is 0 Å². The Morgan fingerprint density at radius 3 is 2.94 bits per heavy atom. The number of nitrogens with zero attached hydrogens (tertiary/aromatic N) is 1. The van der Waals surface area contributed by atoms with Crippen LogP contribution in [0.2, 0.25) is 0 Å². The Labute approximate surface area is 106 Å². The van der Waals surface area contributed by atoms with Crippen molar-refractivity contribution in [1.29, 1.82) is 0 Å². The molecule has 0 amide bonds. The van der Waals surface area contributed by atoms with Gasteiger partial charge in [0.25, 0.3) is 0 Å². The van der Waals surface area contributed by atoms with Crippen LogP contribution < -0.4 is 5.32 Å². The van der Waals surface area contributed by atoms with E-state index in [9.17, 15) is 0 Å². The van der Waals surface area contributed by atoms with E-state index in [1.807, 2.05) is 0 Å². The van der Waals surface area contributed by atoms with E-state index in [1.165, 1.54) is 19.4 Å². The van der Waals surface area contributed by atoms with Crippen molar-refractivity contribution in [2.24, 2.45) is 0 Å². The zero-order chi connectivity index (χ0) is 12.3. The summed E-state index contributed by atoms with van der Waals surface area (Å²) in [6.07, 6.45) is 3.66. The van der Waals surface area contributed by atoms with Gasteiger partial charge in [0.15, 0.2) is 0 Å². The minimum Gasteiger partial charge on any atom is -0.385 e. The molecular weight excluding hydrogens is 216 g/mol. The van der Waals surface area contributed by atoms with Gasteiger partial charge in [-0.05, 0) is 32.4 Å². The predicted octanol–water partition coefficient (Wildman–Crippen LogP) is 1.11. The largest absolute Gasteiger partial charge is 0.385 e. The predicted molar refractivity (Wildman–Crippen MR) is 70.5 cm³/mol. The highest BCUT2D eigenvalue weighted by Gasteiger charge is 2.23. The lowest BCUT2D eigenvalue weighted by molar-refractivity contribution is 0.0808. The molecule has 0 aromatic heterocycles. The molecule has 1 saturated heterocycles. The quantitative estimate of drug-likeness (QED) is 0.584. The van der Waals surface area contributed by atoms with Gasteiger partial charge in [0, 0.05) is 39.5 Å². The van der Waals surface area contributed by atoms with Gasteiger partial charge in [-0.15, -0.1) is 0 Å². The normalized spacial score (nSPS) is 21.2. The summed E-state index contributed by atoms with van der Waals surface area (Å²) < 4.78 is 10.6. The second-order valence-corrected chi connectivity index (χ2v) is 4.60. The maximum Gasteiger partial charge on any atom is 0.0593 e. The number of likely N-dealkylation sites (tertiary alicyclic amines) is 1. The van der Waals surface area contributed by atoms with E-state index in [0.717, 1.165) is 51.9 Å².